The van der Waals surface area contributed by atoms with Crippen molar-refractivity contribution in [3.05, 3.63) is 47.6 Å². The standard InChI is InChI=1S/C15H19N3O4S/c19-23(20,11-12-4-2-1-3-5-12)16-10-14-17-15(18-22-14)13-6-8-21-9-7-13/h1-5,13,16H,6-11H2. The summed E-state index contributed by atoms with van der Waals surface area (Å²) in [6.07, 6.45) is 1.72. The van der Waals surface area contributed by atoms with Crippen LogP contribution >= 0.6 is 0 Å². The van der Waals surface area contributed by atoms with E-state index in [1.54, 1.807) is 12.1 Å². The second kappa shape index (κ2) is 7.20. The molecule has 0 bridgehead atoms. The van der Waals surface area contributed by atoms with E-state index in [1.165, 1.54) is 0 Å². The van der Waals surface area contributed by atoms with Crippen molar-refractivity contribution in [2.45, 2.75) is 31.1 Å². The van der Waals surface area contributed by atoms with Gasteiger partial charge in [-0.2, -0.15) is 4.98 Å². The van der Waals surface area contributed by atoms with Crippen molar-refractivity contribution in [1.82, 2.24) is 14.9 Å². The molecule has 1 saturated heterocycles. The fraction of sp³-hybridized carbons (Fsp3) is 0.467. The zero-order valence-electron chi connectivity index (χ0n) is 12.6. The number of ether oxygens (including phenoxy) is 1. The SMILES string of the molecule is O=S(=O)(Cc1ccccc1)NCc1nc(C2CCOCC2)no1. The van der Waals surface area contributed by atoms with E-state index in [1.807, 2.05) is 18.2 Å². The smallest absolute Gasteiger partial charge is 0.241 e. The van der Waals surface area contributed by atoms with Crippen LogP contribution in [0.4, 0.5) is 0 Å². The summed E-state index contributed by atoms with van der Waals surface area (Å²) >= 11 is 0. The molecule has 1 aliphatic heterocycles. The van der Waals surface area contributed by atoms with Crippen LogP contribution in [0.15, 0.2) is 34.9 Å². The number of nitrogens with one attached hydrogen (secondary N) is 1. The van der Waals surface area contributed by atoms with Gasteiger partial charge >= 0.3 is 0 Å². The van der Waals surface area contributed by atoms with Crippen LogP contribution in [0.3, 0.4) is 0 Å². The van der Waals surface area contributed by atoms with Gasteiger partial charge in [0.1, 0.15) is 0 Å². The summed E-state index contributed by atoms with van der Waals surface area (Å²) in [5.41, 5.74) is 0.730. The Hall–Kier alpha value is -1.77. The molecule has 0 unspecified atom stereocenters. The summed E-state index contributed by atoms with van der Waals surface area (Å²) in [5.74, 6) is 1.06. The van der Waals surface area contributed by atoms with Gasteiger partial charge in [0.25, 0.3) is 0 Å². The van der Waals surface area contributed by atoms with Crippen molar-refractivity contribution >= 4 is 10.0 Å². The van der Waals surface area contributed by atoms with Gasteiger partial charge in [0.15, 0.2) is 5.82 Å². The molecular weight excluding hydrogens is 318 g/mol. The lowest BCUT2D eigenvalue weighted by atomic mass is 10.00. The zero-order valence-corrected chi connectivity index (χ0v) is 13.5. The maximum Gasteiger partial charge on any atom is 0.241 e. The van der Waals surface area contributed by atoms with E-state index >= 15 is 0 Å². The number of hydrogen-bond acceptors (Lipinski definition) is 6. The molecule has 8 heteroatoms. The molecule has 0 amide bonds. The Morgan fingerprint density at radius 3 is 2.65 bits per heavy atom. The Bertz CT molecular complexity index is 724. The average molecular weight is 337 g/mol. The highest BCUT2D eigenvalue weighted by atomic mass is 32.2. The minimum atomic E-state index is -3.45. The van der Waals surface area contributed by atoms with Crippen LogP contribution in [0.1, 0.15) is 36.0 Å². The van der Waals surface area contributed by atoms with Gasteiger partial charge in [-0.15, -0.1) is 0 Å². The molecule has 0 saturated carbocycles. The lowest BCUT2D eigenvalue weighted by Crippen LogP contribution is -2.25. The first-order chi connectivity index (χ1) is 11.1. The molecule has 3 rings (SSSR count). The Labute approximate surface area is 135 Å². The van der Waals surface area contributed by atoms with E-state index in [2.05, 4.69) is 14.9 Å². The molecule has 0 atom stereocenters. The molecule has 1 N–H and O–H groups in total. The molecule has 2 heterocycles. The summed E-state index contributed by atoms with van der Waals surface area (Å²) < 4.78 is 37.1. The van der Waals surface area contributed by atoms with Crippen LogP contribution in [0, 0.1) is 0 Å². The zero-order chi connectivity index (χ0) is 16.1. The van der Waals surface area contributed by atoms with Crippen LogP contribution in [-0.4, -0.2) is 31.8 Å². The van der Waals surface area contributed by atoms with E-state index in [-0.39, 0.29) is 24.1 Å². The largest absolute Gasteiger partial charge is 0.381 e. The molecule has 1 aliphatic rings. The van der Waals surface area contributed by atoms with Crippen molar-refractivity contribution in [2.75, 3.05) is 13.2 Å². The van der Waals surface area contributed by atoms with E-state index in [9.17, 15) is 8.42 Å². The van der Waals surface area contributed by atoms with Crippen LogP contribution in [0.5, 0.6) is 0 Å². The first-order valence-corrected chi connectivity index (χ1v) is 9.19. The van der Waals surface area contributed by atoms with Crippen LogP contribution in [-0.2, 0) is 27.1 Å². The molecule has 0 spiro atoms. The monoisotopic (exact) mass is 337 g/mol. The summed E-state index contributed by atoms with van der Waals surface area (Å²) in [7, 11) is -3.45. The summed E-state index contributed by atoms with van der Waals surface area (Å²) in [5, 5.41) is 3.95. The first-order valence-electron chi connectivity index (χ1n) is 7.54. The van der Waals surface area contributed by atoms with Gasteiger partial charge in [-0.25, -0.2) is 13.1 Å². The number of nitrogens with zero attached hydrogens (tertiary/aromatic N) is 2. The number of benzene rings is 1. The highest BCUT2D eigenvalue weighted by Gasteiger charge is 2.22. The van der Waals surface area contributed by atoms with Gasteiger partial charge in [0.2, 0.25) is 15.9 Å². The van der Waals surface area contributed by atoms with E-state index < -0.39 is 10.0 Å². The van der Waals surface area contributed by atoms with Crippen LogP contribution in [0.25, 0.3) is 0 Å². The van der Waals surface area contributed by atoms with Gasteiger partial charge in [0.05, 0.1) is 12.3 Å². The predicted octanol–water partition coefficient (Wildman–Crippen LogP) is 1.58. The lowest BCUT2D eigenvalue weighted by Gasteiger charge is -2.18. The van der Waals surface area contributed by atoms with E-state index in [0.29, 0.717) is 19.0 Å². The van der Waals surface area contributed by atoms with Crippen LogP contribution < -0.4 is 4.72 Å². The molecule has 23 heavy (non-hydrogen) atoms. The molecular formula is C15H19N3O4S. The molecule has 1 fully saturated rings. The topological polar surface area (TPSA) is 94.3 Å². The molecule has 7 nitrogen and oxygen atoms in total. The Kier molecular flexibility index (Phi) is 5.04. The minimum absolute atomic E-state index is 0.00534. The number of sulfonamides is 1. The molecule has 1 aromatic heterocycles. The number of aromatic nitrogens is 2. The Morgan fingerprint density at radius 1 is 1.17 bits per heavy atom. The van der Waals surface area contributed by atoms with E-state index in [4.69, 9.17) is 9.26 Å². The third-order valence-corrected chi connectivity index (χ3v) is 5.01. The summed E-state index contributed by atoms with van der Waals surface area (Å²) in [6.45, 7) is 1.39. The summed E-state index contributed by atoms with van der Waals surface area (Å²) in [6, 6.07) is 9.01. The second-order valence-electron chi connectivity index (χ2n) is 5.50. The van der Waals surface area contributed by atoms with E-state index in [0.717, 1.165) is 18.4 Å². The number of rotatable bonds is 6. The highest BCUT2D eigenvalue weighted by Crippen LogP contribution is 2.24. The molecule has 0 radical (unpaired) electrons. The maximum atomic E-state index is 12.1. The van der Waals surface area contributed by atoms with Crippen molar-refractivity contribution < 1.29 is 17.7 Å². The van der Waals surface area contributed by atoms with Crippen molar-refractivity contribution in [3.8, 4) is 0 Å². The fourth-order valence-electron chi connectivity index (χ4n) is 2.48. The van der Waals surface area contributed by atoms with Gasteiger partial charge < -0.3 is 9.26 Å². The van der Waals surface area contributed by atoms with Gasteiger partial charge in [-0.05, 0) is 18.4 Å². The summed E-state index contributed by atoms with van der Waals surface area (Å²) in [4.78, 5) is 4.28. The third kappa shape index (κ3) is 4.60. The third-order valence-electron chi connectivity index (χ3n) is 3.71. The first kappa shape index (κ1) is 16.1. The van der Waals surface area contributed by atoms with Crippen molar-refractivity contribution in [3.63, 3.8) is 0 Å². The predicted molar refractivity (Wildman–Crippen MR) is 83.0 cm³/mol. The molecule has 124 valence electrons. The maximum absolute atomic E-state index is 12.1. The van der Waals surface area contributed by atoms with Crippen molar-refractivity contribution in [1.29, 1.82) is 0 Å². The normalized spacial score (nSPS) is 16.5. The quantitative estimate of drug-likeness (QED) is 0.860. The highest BCUT2D eigenvalue weighted by molar-refractivity contribution is 7.88. The lowest BCUT2D eigenvalue weighted by molar-refractivity contribution is 0.0830. The average Bonchev–Trinajstić information content (AvgIpc) is 3.04. The Balaban J connectivity index is 1.56. The molecule has 2 aromatic rings. The van der Waals surface area contributed by atoms with Gasteiger partial charge in [-0.1, -0.05) is 35.5 Å². The van der Waals surface area contributed by atoms with Crippen molar-refractivity contribution in [2.24, 2.45) is 0 Å². The van der Waals surface area contributed by atoms with Gasteiger partial charge in [-0.3, -0.25) is 0 Å². The molecule has 0 aliphatic carbocycles. The molecule has 1 aromatic carbocycles. The Morgan fingerprint density at radius 2 is 1.91 bits per heavy atom. The number of hydrogen-bond donors (Lipinski definition) is 1. The second-order valence-corrected chi connectivity index (χ2v) is 7.31. The minimum Gasteiger partial charge on any atom is -0.381 e. The van der Waals surface area contributed by atoms with Gasteiger partial charge in [0, 0.05) is 19.1 Å². The fourth-order valence-corrected chi connectivity index (χ4v) is 3.55. The van der Waals surface area contributed by atoms with Crippen LogP contribution in [0.2, 0.25) is 0 Å².